The maximum absolute atomic E-state index is 12.1. The smallest absolute Gasteiger partial charge is 0.323 e. The molecule has 0 aliphatic heterocycles. The van der Waals surface area contributed by atoms with Crippen LogP contribution in [0.25, 0.3) is 10.8 Å². The molecule has 0 atom stereocenters. The third-order valence-corrected chi connectivity index (χ3v) is 4.10. The molecule has 0 aliphatic rings. The van der Waals surface area contributed by atoms with Crippen molar-refractivity contribution in [1.82, 2.24) is 9.97 Å². The van der Waals surface area contributed by atoms with Gasteiger partial charge in [0.2, 0.25) is 0 Å². The summed E-state index contributed by atoms with van der Waals surface area (Å²) in [5.41, 5.74) is -0.909. The highest BCUT2D eigenvalue weighted by Crippen LogP contribution is 2.32. The van der Waals surface area contributed by atoms with E-state index >= 15 is 0 Å². The lowest BCUT2D eigenvalue weighted by molar-refractivity contribution is -0.167. The van der Waals surface area contributed by atoms with Crippen LogP contribution in [0.1, 0.15) is 12.5 Å². The predicted octanol–water partition coefficient (Wildman–Crippen LogP) is 2.83. The van der Waals surface area contributed by atoms with Gasteiger partial charge in [-0.3, -0.25) is 9.59 Å². The Hall–Kier alpha value is -1.92. The minimum Gasteiger partial charge on any atom is -0.468 e. The van der Waals surface area contributed by atoms with Crippen molar-refractivity contribution >= 4 is 45.9 Å². The Morgan fingerprint density at radius 1 is 1.09 bits per heavy atom. The van der Waals surface area contributed by atoms with Crippen molar-refractivity contribution < 1.29 is 19.1 Å². The summed E-state index contributed by atoms with van der Waals surface area (Å²) in [5.74, 6) is -1.40. The van der Waals surface area contributed by atoms with Crippen molar-refractivity contribution in [2.24, 2.45) is 5.41 Å². The first-order chi connectivity index (χ1) is 10.8. The van der Waals surface area contributed by atoms with Crippen LogP contribution >= 0.6 is 23.2 Å². The Bertz CT molecular complexity index is 763. The van der Waals surface area contributed by atoms with Crippen LogP contribution in [0.2, 0.25) is 10.3 Å². The zero-order valence-electron chi connectivity index (χ0n) is 12.7. The third kappa shape index (κ3) is 3.23. The number of fused-ring (bicyclic) bond motifs is 1. The molecule has 2 rings (SSSR count). The van der Waals surface area contributed by atoms with Gasteiger partial charge in [0, 0.05) is 24.2 Å². The molecule has 23 heavy (non-hydrogen) atoms. The van der Waals surface area contributed by atoms with Crippen LogP contribution in [-0.4, -0.2) is 36.1 Å². The highest BCUT2D eigenvalue weighted by molar-refractivity contribution is 6.35. The molecule has 6 nitrogen and oxygen atoms in total. The monoisotopic (exact) mass is 356 g/mol. The molecule has 0 radical (unpaired) electrons. The molecule has 0 aliphatic carbocycles. The van der Waals surface area contributed by atoms with E-state index in [4.69, 9.17) is 32.7 Å². The molecule has 0 bridgehead atoms. The van der Waals surface area contributed by atoms with Crippen LogP contribution < -0.4 is 0 Å². The first-order valence-electron chi connectivity index (χ1n) is 6.59. The number of halogens is 2. The van der Waals surface area contributed by atoms with Gasteiger partial charge in [-0.2, -0.15) is 0 Å². The van der Waals surface area contributed by atoms with Crippen LogP contribution in [0.4, 0.5) is 0 Å². The average molecular weight is 357 g/mol. The maximum Gasteiger partial charge on any atom is 0.323 e. The van der Waals surface area contributed by atoms with Gasteiger partial charge in [0.1, 0.15) is 10.3 Å². The highest BCUT2D eigenvalue weighted by Gasteiger charge is 2.44. The molecule has 2 heterocycles. The molecule has 0 unspecified atom stereocenters. The lowest BCUT2D eigenvalue weighted by atomic mass is 9.83. The van der Waals surface area contributed by atoms with Crippen molar-refractivity contribution in [3.8, 4) is 0 Å². The predicted molar refractivity (Wildman–Crippen MR) is 85.4 cm³/mol. The van der Waals surface area contributed by atoms with E-state index in [0.717, 1.165) is 0 Å². The zero-order chi connectivity index (χ0) is 17.2. The first kappa shape index (κ1) is 17.4. The van der Waals surface area contributed by atoms with Gasteiger partial charge in [0.15, 0.2) is 5.41 Å². The summed E-state index contributed by atoms with van der Waals surface area (Å²) < 4.78 is 9.49. The Balaban J connectivity index is 2.59. The second kappa shape index (κ2) is 6.68. The molecule has 2 aromatic rings. The molecule has 0 N–H and O–H groups in total. The standard InChI is InChI=1S/C15H14Cl2N2O4/c1-15(13(20)22-2,14(21)23-3)5-8-6-19-12(17)10-7-18-11(16)4-9(8)10/h4,6-7H,5H2,1-3H3. The quantitative estimate of drug-likeness (QED) is 0.476. The topological polar surface area (TPSA) is 78.4 Å². The van der Waals surface area contributed by atoms with E-state index in [1.54, 1.807) is 6.07 Å². The molecule has 0 spiro atoms. The molecule has 2 aromatic heterocycles. The molecule has 122 valence electrons. The average Bonchev–Trinajstić information content (AvgIpc) is 2.55. The number of methoxy groups -OCH3 is 2. The van der Waals surface area contributed by atoms with E-state index in [9.17, 15) is 9.59 Å². The van der Waals surface area contributed by atoms with E-state index in [0.29, 0.717) is 16.3 Å². The number of aromatic nitrogens is 2. The molecule has 0 saturated carbocycles. The van der Waals surface area contributed by atoms with E-state index in [1.807, 2.05) is 0 Å². The molecular weight excluding hydrogens is 343 g/mol. The Kier molecular flexibility index (Phi) is 5.06. The normalized spacial score (nSPS) is 11.3. The number of carbonyl (C=O) groups is 2. The lowest BCUT2D eigenvalue weighted by Gasteiger charge is -2.24. The number of nitrogens with zero attached hydrogens (tertiary/aromatic N) is 2. The first-order valence-corrected chi connectivity index (χ1v) is 7.34. The fourth-order valence-corrected chi connectivity index (χ4v) is 2.69. The van der Waals surface area contributed by atoms with Crippen LogP contribution in [0.15, 0.2) is 18.5 Å². The SMILES string of the molecule is COC(=O)C(C)(Cc1cnc(Cl)c2cnc(Cl)cc12)C(=O)OC. The van der Waals surface area contributed by atoms with Crippen molar-refractivity contribution in [3.05, 3.63) is 34.3 Å². The van der Waals surface area contributed by atoms with Crippen molar-refractivity contribution in [1.29, 1.82) is 0 Å². The van der Waals surface area contributed by atoms with E-state index in [-0.39, 0.29) is 16.7 Å². The number of pyridine rings is 2. The fraction of sp³-hybridized carbons (Fsp3) is 0.333. The number of rotatable bonds is 4. The second-order valence-electron chi connectivity index (χ2n) is 5.12. The third-order valence-electron chi connectivity index (χ3n) is 3.59. The largest absolute Gasteiger partial charge is 0.468 e. The number of carbonyl (C=O) groups excluding carboxylic acids is 2. The van der Waals surface area contributed by atoms with E-state index in [2.05, 4.69) is 9.97 Å². The summed E-state index contributed by atoms with van der Waals surface area (Å²) in [6, 6.07) is 1.61. The molecule has 8 heteroatoms. The lowest BCUT2D eigenvalue weighted by Crippen LogP contribution is -2.40. The van der Waals surface area contributed by atoms with Gasteiger partial charge < -0.3 is 9.47 Å². The number of hydrogen-bond acceptors (Lipinski definition) is 6. The van der Waals surface area contributed by atoms with Gasteiger partial charge >= 0.3 is 11.9 Å². The van der Waals surface area contributed by atoms with Crippen molar-refractivity contribution in [2.45, 2.75) is 13.3 Å². The Morgan fingerprint density at radius 3 is 2.26 bits per heavy atom. The van der Waals surface area contributed by atoms with Gasteiger partial charge in [-0.15, -0.1) is 0 Å². The molecule has 0 saturated heterocycles. The van der Waals surface area contributed by atoms with Gasteiger partial charge in [0.25, 0.3) is 0 Å². The zero-order valence-corrected chi connectivity index (χ0v) is 14.2. The second-order valence-corrected chi connectivity index (χ2v) is 5.86. The van der Waals surface area contributed by atoms with Crippen LogP contribution in [0, 0.1) is 5.41 Å². The van der Waals surface area contributed by atoms with Gasteiger partial charge in [0.05, 0.1) is 14.2 Å². The summed E-state index contributed by atoms with van der Waals surface area (Å²) in [7, 11) is 2.42. The van der Waals surface area contributed by atoms with Crippen LogP contribution in [-0.2, 0) is 25.5 Å². The molecule has 0 fully saturated rings. The van der Waals surface area contributed by atoms with Crippen molar-refractivity contribution in [2.75, 3.05) is 14.2 Å². The minimum atomic E-state index is -1.51. The minimum absolute atomic E-state index is 0.0212. The van der Waals surface area contributed by atoms with Crippen molar-refractivity contribution in [3.63, 3.8) is 0 Å². The summed E-state index contributed by atoms with van der Waals surface area (Å²) in [5, 5.41) is 1.75. The maximum atomic E-state index is 12.1. The fourth-order valence-electron chi connectivity index (χ4n) is 2.33. The van der Waals surface area contributed by atoms with Gasteiger partial charge in [-0.05, 0) is 23.9 Å². The molecule has 0 aromatic carbocycles. The summed E-state index contributed by atoms with van der Waals surface area (Å²) >= 11 is 12.0. The van der Waals surface area contributed by atoms with Gasteiger partial charge in [-0.25, -0.2) is 9.97 Å². The van der Waals surface area contributed by atoms with Crippen LogP contribution in [0.3, 0.4) is 0 Å². The van der Waals surface area contributed by atoms with Crippen LogP contribution in [0.5, 0.6) is 0 Å². The Morgan fingerprint density at radius 2 is 1.70 bits per heavy atom. The summed E-state index contributed by atoms with van der Waals surface area (Å²) in [6.45, 7) is 1.45. The van der Waals surface area contributed by atoms with E-state index in [1.165, 1.54) is 33.5 Å². The number of hydrogen-bond donors (Lipinski definition) is 0. The number of ether oxygens (including phenoxy) is 2. The Labute approximate surface area is 142 Å². The number of esters is 2. The van der Waals surface area contributed by atoms with Gasteiger partial charge in [-0.1, -0.05) is 23.2 Å². The highest BCUT2D eigenvalue weighted by atomic mass is 35.5. The summed E-state index contributed by atoms with van der Waals surface area (Å²) in [6.07, 6.45) is 3.00. The molecule has 0 amide bonds. The summed E-state index contributed by atoms with van der Waals surface area (Å²) in [4.78, 5) is 32.2. The van der Waals surface area contributed by atoms with E-state index < -0.39 is 17.4 Å². The molecular formula is C15H14Cl2N2O4.